The van der Waals surface area contributed by atoms with E-state index in [0.717, 1.165) is 0 Å². The molecule has 0 spiro atoms. The number of aromatic carboxylic acids is 1. The number of hydrogen-bond acceptors (Lipinski definition) is 3. The van der Waals surface area contributed by atoms with Crippen LogP contribution in [0.15, 0.2) is 18.2 Å². The van der Waals surface area contributed by atoms with Crippen molar-refractivity contribution in [3.8, 4) is 0 Å². The summed E-state index contributed by atoms with van der Waals surface area (Å²) in [6.45, 7) is 3.97. The summed E-state index contributed by atoms with van der Waals surface area (Å²) in [6, 6.07) is 4.26. The van der Waals surface area contributed by atoms with Gasteiger partial charge in [0.15, 0.2) is 0 Å². The van der Waals surface area contributed by atoms with E-state index in [2.05, 4.69) is 5.32 Å². The molecule has 0 unspecified atom stereocenters. The number of hydrogen-bond donors (Lipinski definition) is 3. The molecule has 0 radical (unpaired) electrons. The molecule has 20 heavy (non-hydrogen) atoms. The topological polar surface area (TPSA) is 92.4 Å². The highest BCUT2D eigenvalue weighted by Gasteiger charge is 2.33. The summed E-state index contributed by atoms with van der Waals surface area (Å²) in [5.41, 5.74) is 5.20. The van der Waals surface area contributed by atoms with Gasteiger partial charge in [0.25, 0.3) is 0 Å². The molecule has 0 aliphatic rings. The fourth-order valence-corrected chi connectivity index (χ4v) is 2.19. The molecule has 1 aromatic carbocycles. The van der Waals surface area contributed by atoms with Crippen LogP contribution in [-0.4, -0.2) is 23.5 Å². The first-order valence-corrected chi connectivity index (χ1v) is 6.82. The molecule has 6 heteroatoms. The van der Waals surface area contributed by atoms with Gasteiger partial charge >= 0.3 is 5.97 Å². The van der Waals surface area contributed by atoms with E-state index >= 15 is 0 Å². The van der Waals surface area contributed by atoms with Crippen molar-refractivity contribution in [2.45, 2.75) is 26.7 Å². The van der Waals surface area contributed by atoms with Crippen molar-refractivity contribution in [2.75, 3.05) is 11.9 Å². The Kier molecular flexibility index (Phi) is 5.53. The Balaban J connectivity index is 3.12. The molecule has 0 heterocycles. The Labute approximate surface area is 123 Å². The number of carboxylic acids is 1. The maximum absolute atomic E-state index is 12.4. The van der Waals surface area contributed by atoms with Crippen LogP contribution in [0.2, 0.25) is 5.02 Å². The lowest BCUT2D eigenvalue weighted by Crippen LogP contribution is -2.41. The van der Waals surface area contributed by atoms with Crippen molar-refractivity contribution < 1.29 is 14.7 Å². The molecule has 0 atom stereocenters. The summed E-state index contributed by atoms with van der Waals surface area (Å²) in [5.74, 6) is -1.40. The lowest BCUT2D eigenvalue weighted by atomic mass is 9.81. The van der Waals surface area contributed by atoms with E-state index in [1.807, 2.05) is 13.8 Å². The Bertz CT molecular complexity index is 505. The normalized spacial score (nSPS) is 11.2. The van der Waals surface area contributed by atoms with Crippen LogP contribution < -0.4 is 11.1 Å². The molecular weight excluding hydrogens is 280 g/mol. The van der Waals surface area contributed by atoms with Crippen molar-refractivity contribution in [1.82, 2.24) is 0 Å². The van der Waals surface area contributed by atoms with E-state index in [4.69, 9.17) is 22.4 Å². The minimum absolute atomic E-state index is 0.000813. The summed E-state index contributed by atoms with van der Waals surface area (Å²) in [6.07, 6.45) is 1.16. The number of anilines is 1. The number of rotatable bonds is 6. The smallest absolute Gasteiger partial charge is 0.337 e. The molecule has 1 amide bonds. The van der Waals surface area contributed by atoms with Crippen LogP contribution in [0, 0.1) is 5.41 Å². The molecule has 1 rings (SSSR count). The van der Waals surface area contributed by atoms with Crippen LogP contribution in [0.25, 0.3) is 0 Å². The lowest BCUT2D eigenvalue weighted by molar-refractivity contribution is -0.125. The number of nitrogens with one attached hydrogen (secondary N) is 1. The second-order valence-electron chi connectivity index (χ2n) is 4.64. The average Bonchev–Trinajstić information content (AvgIpc) is 2.41. The van der Waals surface area contributed by atoms with Gasteiger partial charge in [-0.2, -0.15) is 0 Å². The first kappa shape index (κ1) is 16.5. The minimum atomic E-state index is -1.12. The molecule has 0 fully saturated rings. The fraction of sp³-hybridized carbons (Fsp3) is 0.429. The van der Waals surface area contributed by atoms with Crippen molar-refractivity contribution in [3.05, 3.63) is 28.8 Å². The van der Waals surface area contributed by atoms with Crippen molar-refractivity contribution in [3.63, 3.8) is 0 Å². The van der Waals surface area contributed by atoms with Gasteiger partial charge in [0.2, 0.25) is 5.91 Å². The van der Waals surface area contributed by atoms with Crippen LogP contribution in [0.4, 0.5) is 5.69 Å². The van der Waals surface area contributed by atoms with Crippen LogP contribution in [0.3, 0.4) is 0 Å². The van der Waals surface area contributed by atoms with Crippen LogP contribution in [0.5, 0.6) is 0 Å². The number of carbonyl (C=O) groups is 2. The first-order chi connectivity index (χ1) is 9.40. The second-order valence-corrected chi connectivity index (χ2v) is 5.08. The van der Waals surface area contributed by atoms with Crippen LogP contribution in [-0.2, 0) is 4.79 Å². The number of benzene rings is 1. The molecule has 0 aliphatic heterocycles. The molecule has 0 saturated heterocycles. The molecule has 0 aromatic heterocycles. The molecule has 0 bridgehead atoms. The highest BCUT2D eigenvalue weighted by atomic mass is 35.5. The summed E-state index contributed by atoms with van der Waals surface area (Å²) >= 11 is 5.85. The number of carbonyl (C=O) groups excluding carboxylic acids is 1. The summed E-state index contributed by atoms with van der Waals surface area (Å²) in [5, 5.41) is 12.1. The zero-order valence-corrected chi connectivity index (χ0v) is 12.3. The SMILES string of the molecule is CCC(CC)(CN)C(=O)Nc1cc(Cl)ccc1C(=O)O. The molecule has 5 nitrogen and oxygen atoms in total. The molecule has 1 aromatic rings. The summed E-state index contributed by atoms with van der Waals surface area (Å²) in [7, 11) is 0. The Morgan fingerprint density at radius 3 is 2.40 bits per heavy atom. The maximum Gasteiger partial charge on any atom is 0.337 e. The zero-order chi connectivity index (χ0) is 15.3. The van der Waals surface area contributed by atoms with Crippen LogP contribution >= 0.6 is 11.6 Å². The van der Waals surface area contributed by atoms with E-state index < -0.39 is 11.4 Å². The van der Waals surface area contributed by atoms with Gasteiger partial charge < -0.3 is 16.2 Å². The van der Waals surface area contributed by atoms with Gasteiger partial charge in [0.1, 0.15) is 0 Å². The van der Waals surface area contributed by atoms with E-state index in [1.165, 1.54) is 18.2 Å². The third-order valence-electron chi connectivity index (χ3n) is 3.69. The van der Waals surface area contributed by atoms with Gasteiger partial charge in [-0.25, -0.2) is 4.79 Å². The van der Waals surface area contributed by atoms with E-state index in [0.29, 0.717) is 17.9 Å². The van der Waals surface area contributed by atoms with E-state index in [9.17, 15) is 9.59 Å². The highest BCUT2D eigenvalue weighted by molar-refractivity contribution is 6.31. The van der Waals surface area contributed by atoms with Crippen molar-refractivity contribution in [2.24, 2.45) is 11.1 Å². The van der Waals surface area contributed by atoms with Crippen LogP contribution in [0.1, 0.15) is 37.0 Å². The number of halogens is 1. The molecule has 110 valence electrons. The Morgan fingerprint density at radius 2 is 1.95 bits per heavy atom. The number of nitrogens with two attached hydrogens (primary N) is 1. The molecule has 4 N–H and O–H groups in total. The second kappa shape index (κ2) is 6.72. The predicted octanol–water partition coefficient (Wildman–Crippen LogP) is 2.74. The van der Waals surface area contributed by atoms with Crippen molar-refractivity contribution >= 4 is 29.2 Å². The average molecular weight is 299 g/mol. The number of carboxylic acid groups (broad SMARTS) is 1. The van der Waals surface area contributed by atoms with E-state index in [1.54, 1.807) is 0 Å². The molecule has 0 saturated carbocycles. The molecular formula is C14H19ClN2O3. The standard InChI is InChI=1S/C14H19ClN2O3/c1-3-14(4-2,8-16)13(20)17-11-7-9(15)5-6-10(11)12(18)19/h5-7H,3-4,8,16H2,1-2H3,(H,17,20)(H,18,19). The summed E-state index contributed by atoms with van der Waals surface area (Å²) in [4.78, 5) is 23.5. The van der Waals surface area contributed by atoms with Gasteiger partial charge in [-0.15, -0.1) is 0 Å². The maximum atomic E-state index is 12.4. The van der Waals surface area contributed by atoms with Gasteiger partial charge in [-0.05, 0) is 31.0 Å². The Hall–Kier alpha value is -1.59. The minimum Gasteiger partial charge on any atom is -0.478 e. The molecule has 0 aliphatic carbocycles. The van der Waals surface area contributed by atoms with Crippen molar-refractivity contribution in [1.29, 1.82) is 0 Å². The van der Waals surface area contributed by atoms with Gasteiger partial charge in [0.05, 0.1) is 16.7 Å². The number of amides is 1. The highest BCUT2D eigenvalue weighted by Crippen LogP contribution is 2.29. The first-order valence-electron chi connectivity index (χ1n) is 6.44. The zero-order valence-electron chi connectivity index (χ0n) is 11.6. The van der Waals surface area contributed by atoms with E-state index in [-0.39, 0.29) is 23.7 Å². The van der Waals surface area contributed by atoms with Gasteiger partial charge in [-0.3, -0.25) is 4.79 Å². The van der Waals surface area contributed by atoms with Gasteiger partial charge in [0, 0.05) is 11.6 Å². The predicted molar refractivity (Wildman–Crippen MR) is 79.1 cm³/mol. The third-order valence-corrected chi connectivity index (χ3v) is 3.92. The lowest BCUT2D eigenvalue weighted by Gasteiger charge is -2.28. The summed E-state index contributed by atoms with van der Waals surface area (Å²) < 4.78 is 0. The monoisotopic (exact) mass is 298 g/mol. The third kappa shape index (κ3) is 3.29. The largest absolute Gasteiger partial charge is 0.478 e. The van der Waals surface area contributed by atoms with Gasteiger partial charge in [-0.1, -0.05) is 25.4 Å². The quantitative estimate of drug-likeness (QED) is 0.753. The Morgan fingerprint density at radius 1 is 1.35 bits per heavy atom. The fourth-order valence-electron chi connectivity index (χ4n) is 2.01.